The van der Waals surface area contributed by atoms with Crippen molar-refractivity contribution in [1.82, 2.24) is 10.3 Å². The third-order valence-electron chi connectivity index (χ3n) is 2.71. The van der Waals surface area contributed by atoms with Gasteiger partial charge in [-0.15, -0.1) is 11.3 Å². The summed E-state index contributed by atoms with van der Waals surface area (Å²) in [5, 5.41) is 4.32. The molecule has 0 saturated heterocycles. The van der Waals surface area contributed by atoms with Gasteiger partial charge in [-0.3, -0.25) is 9.89 Å². The zero-order chi connectivity index (χ0) is 15.7. The van der Waals surface area contributed by atoms with Crippen LogP contribution in [0.2, 0.25) is 0 Å². The molecule has 0 saturated carbocycles. The maximum absolute atomic E-state index is 13.2. The monoisotopic (exact) mass is 312 g/mol. The normalized spacial score (nSPS) is 11.9. The molecule has 1 aromatic heterocycles. The minimum absolute atomic E-state index is 0.154. The van der Waals surface area contributed by atoms with Gasteiger partial charge in [-0.2, -0.15) is 0 Å². The van der Waals surface area contributed by atoms with Gasteiger partial charge in [0.15, 0.2) is 0 Å². The molecule has 0 unspecified atom stereocenters. The zero-order valence-electron chi connectivity index (χ0n) is 12.6. The van der Waals surface area contributed by atoms with E-state index in [1.807, 2.05) is 0 Å². The van der Waals surface area contributed by atoms with Crippen molar-refractivity contribution in [3.05, 3.63) is 23.1 Å². The maximum Gasteiger partial charge on any atom is 0.322 e. The number of amides is 2. The Morgan fingerprint density at radius 1 is 1.62 bits per heavy atom. The number of aromatic nitrogens is 1. The van der Waals surface area contributed by atoms with Crippen molar-refractivity contribution in [3.8, 4) is 0 Å². The van der Waals surface area contributed by atoms with Crippen molar-refractivity contribution in [2.75, 3.05) is 25.5 Å². The van der Waals surface area contributed by atoms with Gasteiger partial charge in [0.05, 0.1) is 17.4 Å². The summed E-state index contributed by atoms with van der Waals surface area (Å²) in [6.07, 6.45) is 6.57. The summed E-state index contributed by atoms with van der Waals surface area (Å²) < 4.78 is 13.2. The summed E-state index contributed by atoms with van der Waals surface area (Å²) in [7, 11) is 3.21. The van der Waals surface area contributed by atoms with Gasteiger partial charge in [-0.25, -0.2) is 14.2 Å². The first-order valence-electron chi connectivity index (χ1n) is 6.82. The van der Waals surface area contributed by atoms with E-state index in [1.165, 1.54) is 29.4 Å². The van der Waals surface area contributed by atoms with Gasteiger partial charge >= 0.3 is 6.03 Å². The summed E-state index contributed by atoms with van der Waals surface area (Å²) in [5.41, 5.74) is 0. The number of nitrogens with one attached hydrogen (secondary N) is 1. The highest BCUT2D eigenvalue weighted by Crippen LogP contribution is 2.23. The Kier molecular flexibility index (Phi) is 7.60. The Morgan fingerprint density at radius 3 is 3.05 bits per heavy atom. The number of carbonyl (C=O) groups is 1. The predicted molar refractivity (Wildman–Crippen MR) is 86.1 cm³/mol. The summed E-state index contributed by atoms with van der Waals surface area (Å²) >= 11 is 1.37. The highest BCUT2D eigenvalue weighted by Gasteiger charge is 2.13. The van der Waals surface area contributed by atoms with Crippen LogP contribution in [-0.2, 0) is 6.42 Å². The largest absolute Gasteiger partial charge is 0.338 e. The second-order valence-corrected chi connectivity index (χ2v) is 5.51. The van der Waals surface area contributed by atoms with E-state index >= 15 is 0 Å². The topological polar surface area (TPSA) is 57.6 Å². The van der Waals surface area contributed by atoms with Crippen molar-refractivity contribution in [1.29, 1.82) is 0 Å². The molecule has 5 nitrogen and oxygen atoms in total. The van der Waals surface area contributed by atoms with E-state index in [9.17, 15) is 9.18 Å². The van der Waals surface area contributed by atoms with E-state index in [0.717, 1.165) is 29.1 Å². The average Bonchev–Trinajstić information content (AvgIpc) is 2.93. The average molecular weight is 312 g/mol. The number of anilines is 1. The molecule has 1 N–H and O–H groups in total. The molecule has 1 heterocycles. The number of halogens is 1. The molecule has 0 aliphatic rings. The van der Waals surface area contributed by atoms with E-state index in [0.29, 0.717) is 13.0 Å². The first-order chi connectivity index (χ1) is 10.1. The van der Waals surface area contributed by atoms with Crippen molar-refractivity contribution in [2.45, 2.75) is 26.2 Å². The number of hydrogen-bond donors (Lipinski definition) is 1. The quantitative estimate of drug-likeness (QED) is 0.621. The molecule has 7 heteroatoms. The molecule has 0 spiro atoms. The molecular formula is C14H21FN4OS. The van der Waals surface area contributed by atoms with Crippen molar-refractivity contribution in [3.63, 3.8) is 0 Å². The van der Waals surface area contributed by atoms with Crippen LogP contribution in [-0.4, -0.2) is 37.9 Å². The summed E-state index contributed by atoms with van der Waals surface area (Å²) in [6, 6.07) is -0.154. The molecule has 0 bridgehead atoms. The summed E-state index contributed by atoms with van der Waals surface area (Å²) in [5.74, 6) is -0.389. The molecule has 0 aliphatic carbocycles. The Morgan fingerprint density at radius 2 is 2.38 bits per heavy atom. The summed E-state index contributed by atoms with van der Waals surface area (Å²) in [4.78, 5) is 21.2. The molecular weight excluding hydrogens is 291 g/mol. The lowest BCUT2D eigenvalue weighted by Gasteiger charge is -2.15. The van der Waals surface area contributed by atoms with Gasteiger partial charge in [0, 0.05) is 27.1 Å². The van der Waals surface area contributed by atoms with Crippen LogP contribution in [0.25, 0.3) is 0 Å². The number of urea groups is 1. The van der Waals surface area contributed by atoms with Gasteiger partial charge in [0.2, 0.25) is 0 Å². The van der Waals surface area contributed by atoms with Gasteiger partial charge < -0.3 is 5.32 Å². The van der Waals surface area contributed by atoms with E-state index in [2.05, 4.69) is 22.2 Å². The van der Waals surface area contributed by atoms with Crippen LogP contribution in [0.15, 0.2) is 23.1 Å². The predicted octanol–water partition coefficient (Wildman–Crippen LogP) is 3.19. The molecule has 2 amide bonds. The lowest BCUT2D eigenvalue weighted by Crippen LogP contribution is -2.37. The Hall–Kier alpha value is -1.76. The van der Waals surface area contributed by atoms with E-state index < -0.39 is 0 Å². The standard InChI is InChI=1S/C14H21FN4OS/c1-4-5-8-17-14(20)19(3)13-10-18-12(21-13)7-6-11(15)9-16-2/h6,9-10H,4-5,7-8H2,1-3H3,(H,17,20)/b11-6+,16-9-. The highest BCUT2D eigenvalue weighted by molar-refractivity contribution is 7.15. The smallest absolute Gasteiger partial charge is 0.322 e. The molecule has 116 valence electrons. The molecule has 1 rings (SSSR count). The van der Waals surface area contributed by atoms with Crippen LogP contribution in [0.5, 0.6) is 0 Å². The number of aliphatic imine (C=N–C) groups is 1. The van der Waals surface area contributed by atoms with Gasteiger partial charge in [-0.05, 0) is 12.5 Å². The van der Waals surface area contributed by atoms with E-state index in [-0.39, 0.29) is 11.9 Å². The first kappa shape index (κ1) is 17.3. The maximum atomic E-state index is 13.2. The number of allylic oxidation sites excluding steroid dienone is 2. The number of thiazole rings is 1. The fourth-order valence-electron chi connectivity index (χ4n) is 1.50. The van der Waals surface area contributed by atoms with Crippen LogP contribution in [0.3, 0.4) is 0 Å². The number of unbranched alkanes of at least 4 members (excludes halogenated alkanes) is 1. The molecule has 0 atom stereocenters. The minimum Gasteiger partial charge on any atom is -0.338 e. The molecule has 0 fully saturated rings. The van der Waals surface area contributed by atoms with Crippen molar-refractivity contribution in [2.24, 2.45) is 4.99 Å². The van der Waals surface area contributed by atoms with Crippen LogP contribution < -0.4 is 10.2 Å². The fraction of sp³-hybridized carbons (Fsp3) is 0.500. The highest BCUT2D eigenvalue weighted by atomic mass is 32.1. The van der Waals surface area contributed by atoms with E-state index in [1.54, 1.807) is 13.2 Å². The number of carbonyl (C=O) groups excluding carboxylic acids is 1. The third kappa shape index (κ3) is 6.03. The van der Waals surface area contributed by atoms with Gasteiger partial charge in [0.25, 0.3) is 0 Å². The number of rotatable bonds is 7. The summed E-state index contributed by atoms with van der Waals surface area (Å²) in [6.45, 7) is 2.73. The minimum atomic E-state index is -0.389. The number of nitrogens with zero attached hydrogens (tertiary/aromatic N) is 3. The SMILES string of the molecule is CCCCNC(=O)N(C)c1cnc(C/C=C(F)\C=N/C)s1. The molecule has 0 aromatic carbocycles. The van der Waals surface area contributed by atoms with Gasteiger partial charge in [-0.1, -0.05) is 13.3 Å². The second-order valence-electron chi connectivity index (χ2n) is 4.42. The van der Waals surface area contributed by atoms with Crippen LogP contribution in [0, 0.1) is 0 Å². The Labute approximate surface area is 128 Å². The Bertz CT molecular complexity index is 513. The van der Waals surface area contributed by atoms with Crippen LogP contribution >= 0.6 is 11.3 Å². The number of hydrogen-bond acceptors (Lipinski definition) is 4. The molecule has 21 heavy (non-hydrogen) atoms. The second kappa shape index (κ2) is 9.23. The van der Waals surface area contributed by atoms with Crippen molar-refractivity contribution < 1.29 is 9.18 Å². The fourth-order valence-corrected chi connectivity index (χ4v) is 2.34. The van der Waals surface area contributed by atoms with E-state index in [4.69, 9.17) is 0 Å². The zero-order valence-corrected chi connectivity index (χ0v) is 13.4. The lowest BCUT2D eigenvalue weighted by molar-refractivity contribution is 0.247. The van der Waals surface area contributed by atoms with Crippen LogP contribution in [0.1, 0.15) is 24.8 Å². The lowest BCUT2D eigenvalue weighted by atomic mass is 10.3. The first-order valence-corrected chi connectivity index (χ1v) is 7.64. The van der Waals surface area contributed by atoms with Crippen LogP contribution in [0.4, 0.5) is 14.2 Å². The van der Waals surface area contributed by atoms with Gasteiger partial charge in [0.1, 0.15) is 10.8 Å². The Balaban J connectivity index is 2.57. The molecule has 0 radical (unpaired) electrons. The molecule has 0 aliphatic heterocycles. The third-order valence-corrected chi connectivity index (χ3v) is 3.80. The molecule has 1 aromatic rings. The van der Waals surface area contributed by atoms with Crippen molar-refractivity contribution >= 4 is 28.6 Å².